The van der Waals surface area contributed by atoms with E-state index in [2.05, 4.69) is 49.5 Å². The van der Waals surface area contributed by atoms with Crippen molar-refractivity contribution >= 4 is 0 Å². The largest absolute Gasteiger partial charge is 0.309 e. The summed E-state index contributed by atoms with van der Waals surface area (Å²) in [4.78, 5) is 0. The van der Waals surface area contributed by atoms with Gasteiger partial charge in [0.15, 0.2) is 0 Å². The molecule has 102 valence electrons. The first-order chi connectivity index (χ1) is 9.70. The Hall–Kier alpha value is -2.11. The molecule has 2 aromatic carbocycles. The normalized spacial score (nSPS) is 13.4. The molecule has 1 unspecified atom stereocenters. The molecule has 0 saturated carbocycles. The Labute approximate surface area is 121 Å². The van der Waals surface area contributed by atoms with Gasteiger partial charge in [0.25, 0.3) is 0 Å². The van der Waals surface area contributed by atoms with Gasteiger partial charge in [-0.25, -0.2) is 0 Å². The molecule has 0 aromatic heterocycles. The molecule has 2 aromatic rings. The molecule has 0 aliphatic heterocycles. The standard InChI is InChI=1S/C18H20N2/c1-14-7-6-10-17(11-14)15(2)20-13-18(12-19)16-8-4-3-5-9-16/h3-11,15,18,20H,13H2,1-2H3/t15-,18?/m0/s1. The van der Waals surface area contributed by atoms with Crippen LogP contribution in [-0.2, 0) is 0 Å². The quantitative estimate of drug-likeness (QED) is 0.887. The molecule has 0 bridgehead atoms. The maximum Gasteiger partial charge on any atom is 0.0837 e. The van der Waals surface area contributed by atoms with Gasteiger partial charge in [0.1, 0.15) is 0 Å². The smallest absolute Gasteiger partial charge is 0.0837 e. The third kappa shape index (κ3) is 3.69. The van der Waals surface area contributed by atoms with Crippen molar-refractivity contribution in [1.29, 1.82) is 5.26 Å². The monoisotopic (exact) mass is 264 g/mol. The molecule has 20 heavy (non-hydrogen) atoms. The van der Waals surface area contributed by atoms with Crippen LogP contribution >= 0.6 is 0 Å². The second kappa shape index (κ2) is 6.88. The van der Waals surface area contributed by atoms with Gasteiger partial charge in [-0.05, 0) is 25.0 Å². The Morgan fingerprint density at radius 1 is 1.05 bits per heavy atom. The number of nitrogens with zero attached hydrogens (tertiary/aromatic N) is 1. The average molecular weight is 264 g/mol. The van der Waals surface area contributed by atoms with E-state index >= 15 is 0 Å². The van der Waals surface area contributed by atoms with E-state index in [0.717, 1.165) is 5.56 Å². The summed E-state index contributed by atoms with van der Waals surface area (Å²) in [6.07, 6.45) is 0. The van der Waals surface area contributed by atoms with Gasteiger partial charge < -0.3 is 5.32 Å². The van der Waals surface area contributed by atoms with Gasteiger partial charge in [0.2, 0.25) is 0 Å². The van der Waals surface area contributed by atoms with Crippen LogP contribution in [0.15, 0.2) is 54.6 Å². The zero-order valence-electron chi connectivity index (χ0n) is 12.0. The second-order valence-electron chi connectivity index (χ2n) is 5.14. The molecule has 0 aliphatic rings. The highest BCUT2D eigenvalue weighted by molar-refractivity contribution is 5.27. The van der Waals surface area contributed by atoms with Crippen LogP contribution in [0.25, 0.3) is 0 Å². The Bertz CT molecular complexity index is 584. The van der Waals surface area contributed by atoms with Crippen molar-refractivity contribution in [1.82, 2.24) is 5.32 Å². The van der Waals surface area contributed by atoms with Crippen molar-refractivity contribution in [3.8, 4) is 6.07 Å². The molecular formula is C18H20N2. The summed E-state index contributed by atoms with van der Waals surface area (Å²) >= 11 is 0. The summed E-state index contributed by atoms with van der Waals surface area (Å²) in [5.41, 5.74) is 3.59. The summed E-state index contributed by atoms with van der Waals surface area (Å²) < 4.78 is 0. The zero-order valence-corrected chi connectivity index (χ0v) is 12.0. The zero-order chi connectivity index (χ0) is 14.4. The van der Waals surface area contributed by atoms with E-state index in [0.29, 0.717) is 6.54 Å². The van der Waals surface area contributed by atoms with Crippen LogP contribution in [0.5, 0.6) is 0 Å². The Morgan fingerprint density at radius 3 is 2.40 bits per heavy atom. The molecule has 0 fully saturated rings. The average Bonchev–Trinajstić information content (AvgIpc) is 2.49. The lowest BCUT2D eigenvalue weighted by atomic mass is 9.99. The molecule has 2 rings (SSSR count). The number of aryl methyl sites for hydroxylation is 1. The fourth-order valence-corrected chi connectivity index (χ4v) is 2.28. The summed E-state index contributed by atoms with van der Waals surface area (Å²) in [6.45, 7) is 4.89. The van der Waals surface area contributed by atoms with Crippen LogP contribution in [0.4, 0.5) is 0 Å². The fraction of sp³-hybridized carbons (Fsp3) is 0.278. The molecule has 2 heteroatoms. The molecule has 0 heterocycles. The topological polar surface area (TPSA) is 35.8 Å². The predicted octanol–water partition coefficient (Wildman–Crippen LogP) is 3.95. The van der Waals surface area contributed by atoms with Gasteiger partial charge in [0, 0.05) is 12.6 Å². The Morgan fingerprint density at radius 2 is 1.75 bits per heavy atom. The number of benzene rings is 2. The minimum absolute atomic E-state index is 0.108. The summed E-state index contributed by atoms with van der Waals surface area (Å²) in [5.74, 6) is -0.108. The molecular weight excluding hydrogens is 244 g/mol. The van der Waals surface area contributed by atoms with Crippen LogP contribution in [0.3, 0.4) is 0 Å². The highest BCUT2D eigenvalue weighted by atomic mass is 14.9. The lowest BCUT2D eigenvalue weighted by Crippen LogP contribution is -2.24. The lowest BCUT2D eigenvalue weighted by molar-refractivity contribution is 0.558. The molecule has 0 saturated heterocycles. The second-order valence-corrected chi connectivity index (χ2v) is 5.14. The molecule has 2 atom stereocenters. The highest BCUT2D eigenvalue weighted by Gasteiger charge is 2.12. The first kappa shape index (κ1) is 14.3. The minimum atomic E-state index is -0.108. The van der Waals surface area contributed by atoms with Gasteiger partial charge in [-0.15, -0.1) is 0 Å². The van der Waals surface area contributed by atoms with Crippen LogP contribution in [0.2, 0.25) is 0 Å². The lowest BCUT2D eigenvalue weighted by Gasteiger charge is -2.17. The van der Waals surface area contributed by atoms with Crippen molar-refractivity contribution in [3.05, 3.63) is 71.3 Å². The van der Waals surface area contributed by atoms with Gasteiger partial charge in [-0.1, -0.05) is 60.2 Å². The first-order valence-corrected chi connectivity index (χ1v) is 6.95. The number of hydrogen-bond acceptors (Lipinski definition) is 2. The van der Waals surface area contributed by atoms with Gasteiger partial charge in [-0.2, -0.15) is 5.26 Å². The fourth-order valence-electron chi connectivity index (χ4n) is 2.28. The summed E-state index contributed by atoms with van der Waals surface area (Å²) in [5, 5.41) is 12.8. The third-order valence-electron chi connectivity index (χ3n) is 3.53. The van der Waals surface area contributed by atoms with E-state index in [-0.39, 0.29) is 12.0 Å². The Balaban J connectivity index is 1.99. The van der Waals surface area contributed by atoms with Crippen molar-refractivity contribution in [2.45, 2.75) is 25.8 Å². The van der Waals surface area contributed by atoms with Crippen molar-refractivity contribution in [2.75, 3.05) is 6.54 Å². The van der Waals surface area contributed by atoms with E-state index in [4.69, 9.17) is 0 Å². The van der Waals surface area contributed by atoms with E-state index < -0.39 is 0 Å². The maximum atomic E-state index is 9.32. The van der Waals surface area contributed by atoms with E-state index in [9.17, 15) is 5.26 Å². The van der Waals surface area contributed by atoms with Crippen LogP contribution in [0.1, 0.15) is 35.6 Å². The molecule has 0 radical (unpaired) electrons. The van der Waals surface area contributed by atoms with E-state index in [1.54, 1.807) is 0 Å². The van der Waals surface area contributed by atoms with Crippen molar-refractivity contribution in [3.63, 3.8) is 0 Å². The number of rotatable bonds is 5. The Kier molecular flexibility index (Phi) is 4.92. The maximum absolute atomic E-state index is 9.32. The van der Waals surface area contributed by atoms with Gasteiger partial charge in [-0.3, -0.25) is 0 Å². The molecule has 0 spiro atoms. The van der Waals surface area contributed by atoms with Crippen molar-refractivity contribution < 1.29 is 0 Å². The van der Waals surface area contributed by atoms with Crippen LogP contribution in [0, 0.1) is 18.3 Å². The van der Waals surface area contributed by atoms with E-state index in [1.165, 1.54) is 11.1 Å². The summed E-state index contributed by atoms with van der Waals surface area (Å²) in [6, 6.07) is 21.0. The first-order valence-electron chi connectivity index (χ1n) is 6.95. The molecule has 1 N–H and O–H groups in total. The SMILES string of the molecule is Cc1cccc([C@H](C)NCC(C#N)c2ccccc2)c1. The minimum Gasteiger partial charge on any atom is -0.309 e. The highest BCUT2D eigenvalue weighted by Crippen LogP contribution is 2.17. The molecule has 2 nitrogen and oxygen atoms in total. The van der Waals surface area contributed by atoms with Gasteiger partial charge >= 0.3 is 0 Å². The molecule has 0 amide bonds. The molecule has 0 aliphatic carbocycles. The third-order valence-corrected chi connectivity index (χ3v) is 3.53. The number of nitrogens with one attached hydrogen (secondary N) is 1. The predicted molar refractivity (Wildman–Crippen MR) is 82.4 cm³/mol. The van der Waals surface area contributed by atoms with Gasteiger partial charge in [0.05, 0.1) is 12.0 Å². The number of nitriles is 1. The van der Waals surface area contributed by atoms with E-state index in [1.807, 2.05) is 30.3 Å². The van der Waals surface area contributed by atoms with Crippen molar-refractivity contribution in [2.24, 2.45) is 0 Å². The number of hydrogen-bond donors (Lipinski definition) is 1. The van der Waals surface area contributed by atoms with Crippen LogP contribution < -0.4 is 5.32 Å². The van der Waals surface area contributed by atoms with Crippen LogP contribution in [-0.4, -0.2) is 6.54 Å². The summed E-state index contributed by atoms with van der Waals surface area (Å²) in [7, 11) is 0.